The van der Waals surface area contributed by atoms with E-state index >= 15 is 0 Å². The van der Waals surface area contributed by atoms with Gasteiger partial charge in [-0.3, -0.25) is 4.79 Å². The highest BCUT2D eigenvalue weighted by molar-refractivity contribution is 6.30. The van der Waals surface area contributed by atoms with Crippen molar-refractivity contribution in [2.75, 3.05) is 19.0 Å². The second-order valence-electron chi connectivity index (χ2n) is 2.64. The molecule has 0 unspecified atom stereocenters. The van der Waals surface area contributed by atoms with Crippen molar-refractivity contribution in [2.45, 2.75) is 0 Å². The summed E-state index contributed by atoms with van der Waals surface area (Å²) in [6, 6.07) is 3.80. The smallest absolute Gasteiger partial charge is 0.250 e. The molecule has 3 nitrogen and oxygen atoms in total. The third kappa shape index (κ3) is 3.32. The minimum atomic E-state index is -0.495. The fraction of sp³-hybridized carbons (Fsp3) is 0.222. The molecule has 0 spiro atoms. The molecule has 0 bridgehead atoms. The van der Waals surface area contributed by atoms with E-state index in [9.17, 15) is 9.18 Å². The van der Waals surface area contributed by atoms with Gasteiger partial charge >= 0.3 is 0 Å². The molecule has 5 heteroatoms. The van der Waals surface area contributed by atoms with Gasteiger partial charge in [-0.1, -0.05) is 11.6 Å². The standard InChI is InChI=1S/C9H9ClFNO2/c1-14-5-9(13)12-8-3-6(10)2-7(11)4-8/h2-4H,5H2,1H3,(H,12,13). The van der Waals surface area contributed by atoms with Gasteiger partial charge in [0.2, 0.25) is 5.91 Å². The normalized spacial score (nSPS) is 9.93. The SMILES string of the molecule is COCC(=O)Nc1cc(F)cc(Cl)c1. The maximum absolute atomic E-state index is 12.8. The van der Waals surface area contributed by atoms with E-state index in [4.69, 9.17) is 11.6 Å². The summed E-state index contributed by atoms with van der Waals surface area (Å²) in [6.07, 6.45) is 0. The molecule has 0 radical (unpaired) electrons. The molecular formula is C9H9ClFNO2. The van der Waals surface area contributed by atoms with Crippen molar-refractivity contribution >= 4 is 23.2 Å². The summed E-state index contributed by atoms with van der Waals surface area (Å²) in [7, 11) is 1.40. The van der Waals surface area contributed by atoms with Crippen molar-refractivity contribution < 1.29 is 13.9 Å². The van der Waals surface area contributed by atoms with Gasteiger partial charge in [0.25, 0.3) is 0 Å². The Kier molecular flexibility index (Phi) is 3.85. The molecule has 1 aromatic carbocycles. The highest BCUT2D eigenvalue weighted by atomic mass is 35.5. The number of carbonyl (C=O) groups is 1. The summed E-state index contributed by atoms with van der Waals surface area (Å²) in [4.78, 5) is 11.0. The minimum absolute atomic E-state index is 0.0753. The van der Waals surface area contributed by atoms with E-state index in [1.54, 1.807) is 0 Å². The average molecular weight is 218 g/mol. The fourth-order valence-electron chi connectivity index (χ4n) is 0.954. The zero-order valence-corrected chi connectivity index (χ0v) is 8.27. The lowest BCUT2D eigenvalue weighted by molar-refractivity contribution is -0.119. The van der Waals surface area contributed by atoms with Gasteiger partial charge in [0, 0.05) is 17.8 Å². The number of hydrogen-bond acceptors (Lipinski definition) is 2. The molecule has 14 heavy (non-hydrogen) atoms. The van der Waals surface area contributed by atoms with Crippen molar-refractivity contribution in [3.05, 3.63) is 29.0 Å². The predicted molar refractivity (Wildman–Crippen MR) is 51.9 cm³/mol. The molecule has 0 saturated carbocycles. The van der Waals surface area contributed by atoms with Crippen LogP contribution >= 0.6 is 11.6 Å². The number of benzene rings is 1. The molecule has 0 aliphatic carbocycles. The van der Waals surface area contributed by atoms with Crippen LogP contribution in [0.25, 0.3) is 0 Å². The van der Waals surface area contributed by atoms with Gasteiger partial charge in [0.05, 0.1) is 0 Å². The Balaban J connectivity index is 2.71. The number of hydrogen-bond donors (Lipinski definition) is 1. The molecule has 0 fully saturated rings. The van der Waals surface area contributed by atoms with Crippen LogP contribution in [-0.2, 0) is 9.53 Å². The lowest BCUT2D eigenvalue weighted by Gasteiger charge is -2.04. The van der Waals surface area contributed by atoms with Crippen molar-refractivity contribution in [1.82, 2.24) is 0 Å². The molecule has 0 saturated heterocycles. The lowest BCUT2D eigenvalue weighted by Crippen LogP contribution is -2.17. The van der Waals surface area contributed by atoms with Crippen LogP contribution in [0.5, 0.6) is 0 Å². The highest BCUT2D eigenvalue weighted by Gasteiger charge is 2.03. The van der Waals surface area contributed by atoms with Gasteiger partial charge in [0.1, 0.15) is 12.4 Å². The third-order valence-corrected chi connectivity index (χ3v) is 1.64. The first kappa shape index (κ1) is 10.9. The Morgan fingerprint density at radius 3 is 2.86 bits per heavy atom. The van der Waals surface area contributed by atoms with Crippen molar-refractivity contribution in [1.29, 1.82) is 0 Å². The van der Waals surface area contributed by atoms with E-state index in [1.165, 1.54) is 19.2 Å². The predicted octanol–water partition coefficient (Wildman–Crippen LogP) is 2.06. The Hall–Kier alpha value is -1.13. The van der Waals surface area contributed by atoms with Crippen LogP contribution in [0.1, 0.15) is 0 Å². The quantitative estimate of drug-likeness (QED) is 0.842. The third-order valence-electron chi connectivity index (χ3n) is 1.42. The Labute approximate surface area is 85.8 Å². The first-order valence-electron chi connectivity index (χ1n) is 3.86. The van der Waals surface area contributed by atoms with Gasteiger partial charge in [-0.25, -0.2) is 4.39 Å². The Morgan fingerprint density at radius 1 is 1.57 bits per heavy atom. The van der Waals surface area contributed by atoms with Gasteiger partial charge < -0.3 is 10.1 Å². The van der Waals surface area contributed by atoms with Crippen LogP contribution in [0.4, 0.5) is 10.1 Å². The number of ether oxygens (including phenoxy) is 1. The topological polar surface area (TPSA) is 38.3 Å². The molecule has 1 aromatic rings. The average Bonchev–Trinajstić information content (AvgIpc) is 2.01. The summed E-state index contributed by atoms with van der Waals surface area (Å²) in [5.41, 5.74) is 0.317. The Morgan fingerprint density at radius 2 is 2.29 bits per heavy atom. The molecule has 0 aromatic heterocycles. The number of methoxy groups -OCH3 is 1. The van der Waals surface area contributed by atoms with Gasteiger partial charge in [-0.15, -0.1) is 0 Å². The van der Waals surface area contributed by atoms with Crippen LogP contribution in [0.15, 0.2) is 18.2 Å². The monoisotopic (exact) mass is 217 g/mol. The van der Waals surface area contributed by atoms with E-state index in [1.807, 2.05) is 0 Å². The van der Waals surface area contributed by atoms with E-state index in [2.05, 4.69) is 10.1 Å². The van der Waals surface area contributed by atoms with Gasteiger partial charge in [0.15, 0.2) is 0 Å². The lowest BCUT2D eigenvalue weighted by atomic mass is 10.3. The summed E-state index contributed by atoms with van der Waals surface area (Å²) in [5, 5.41) is 2.67. The highest BCUT2D eigenvalue weighted by Crippen LogP contribution is 2.17. The number of amides is 1. The van der Waals surface area contributed by atoms with E-state index in [0.717, 1.165) is 6.07 Å². The van der Waals surface area contributed by atoms with Crippen LogP contribution < -0.4 is 5.32 Å². The van der Waals surface area contributed by atoms with Crippen molar-refractivity contribution in [3.63, 3.8) is 0 Å². The molecule has 1 rings (SSSR count). The van der Waals surface area contributed by atoms with Crippen molar-refractivity contribution in [2.24, 2.45) is 0 Å². The van der Waals surface area contributed by atoms with Gasteiger partial charge in [-0.2, -0.15) is 0 Å². The van der Waals surface area contributed by atoms with Crippen molar-refractivity contribution in [3.8, 4) is 0 Å². The molecule has 1 N–H and O–H groups in total. The minimum Gasteiger partial charge on any atom is -0.375 e. The van der Waals surface area contributed by atoms with E-state index < -0.39 is 5.82 Å². The fourth-order valence-corrected chi connectivity index (χ4v) is 1.18. The second kappa shape index (κ2) is 4.93. The zero-order chi connectivity index (χ0) is 10.6. The maximum Gasteiger partial charge on any atom is 0.250 e. The summed E-state index contributed by atoms with van der Waals surface area (Å²) in [6.45, 7) is -0.0753. The zero-order valence-electron chi connectivity index (χ0n) is 7.51. The molecule has 0 aliphatic rings. The summed E-state index contributed by atoms with van der Waals surface area (Å²) in [5.74, 6) is -0.848. The molecular weight excluding hydrogens is 209 g/mol. The molecule has 0 heterocycles. The number of anilines is 1. The summed E-state index contributed by atoms with van der Waals surface area (Å²) < 4.78 is 17.4. The first-order valence-corrected chi connectivity index (χ1v) is 4.24. The molecule has 76 valence electrons. The number of carbonyl (C=O) groups excluding carboxylic acids is 1. The largest absolute Gasteiger partial charge is 0.375 e. The number of rotatable bonds is 3. The maximum atomic E-state index is 12.8. The second-order valence-corrected chi connectivity index (χ2v) is 3.08. The van der Waals surface area contributed by atoms with Crippen LogP contribution in [0.3, 0.4) is 0 Å². The van der Waals surface area contributed by atoms with Crippen LogP contribution in [-0.4, -0.2) is 19.6 Å². The molecule has 0 atom stereocenters. The van der Waals surface area contributed by atoms with Crippen LogP contribution in [0, 0.1) is 5.82 Å². The molecule has 0 aliphatic heterocycles. The molecule has 1 amide bonds. The number of nitrogens with one attached hydrogen (secondary N) is 1. The first-order chi connectivity index (χ1) is 6.61. The van der Waals surface area contributed by atoms with E-state index in [0.29, 0.717) is 5.69 Å². The number of halogens is 2. The van der Waals surface area contributed by atoms with E-state index in [-0.39, 0.29) is 17.5 Å². The van der Waals surface area contributed by atoms with Gasteiger partial charge in [-0.05, 0) is 18.2 Å². The Bertz CT molecular complexity index is 323. The summed E-state index contributed by atoms with van der Waals surface area (Å²) >= 11 is 5.59. The van der Waals surface area contributed by atoms with Crippen LogP contribution in [0.2, 0.25) is 5.02 Å².